The van der Waals surface area contributed by atoms with E-state index < -0.39 is 83.3 Å². The number of ether oxygens (including phenoxy) is 3. The van der Waals surface area contributed by atoms with Crippen LogP contribution < -0.4 is 14.8 Å². The van der Waals surface area contributed by atoms with Gasteiger partial charge in [-0.05, 0) is 49.2 Å². The second-order valence-corrected chi connectivity index (χ2v) is 8.71. The van der Waals surface area contributed by atoms with Crippen molar-refractivity contribution in [1.82, 2.24) is 5.32 Å². The smallest absolute Gasteiger partial charge is 0.461 e. The molecule has 17 heteroatoms. The van der Waals surface area contributed by atoms with E-state index in [0.29, 0.717) is 12.1 Å². The summed E-state index contributed by atoms with van der Waals surface area (Å²) in [6.45, 7) is 2.92. The van der Waals surface area contributed by atoms with Gasteiger partial charge in [0.25, 0.3) is 11.5 Å². The number of rotatable bonds is 9. The summed E-state index contributed by atoms with van der Waals surface area (Å²) in [5.41, 5.74) is -5.91. The third-order valence-corrected chi connectivity index (χ3v) is 5.37. The number of nitrogens with one attached hydrogen (secondary N) is 1. The van der Waals surface area contributed by atoms with Crippen LogP contribution in [0.4, 0.5) is 52.7 Å². The highest BCUT2D eigenvalue weighted by Crippen LogP contribution is 2.59. The number of amides is 1. The summed E-state index contributed by atoms with van der Waals surface area (Å²) in [6, 6.07) is 1.61. The fraction of sp³-hybridized carbons (Fsp3) is 0.435. The highest BCUT2D eigenvalue weighted by atomic mass is 19.4. The van der Waals surface area contributed by atoms with Gasteiger partial charge in [0.05, 0.1) is 12.1 Å². The molecular formula is C23H17F12NO4. The van der Waals surface area contributed by atoms with E-state index in [1.54, 1.807) is 5.32 Å². The summed E-state index contributed by atoms with van der Waals surface area (Å²) in [4.78, 5) is 12.6. The fourth-order valence-corrected chi connectivity index (χ4v) is 3.61. The lowest BCUT2D eigenvalue weighted by atomic mass is 9.96. The first-order valence-corrected chi connectivity index (χ1v) is 10.9. The number of alkyl halides is 10. The second kappa shape index (κ2) is 10.6. The quantitative estimate of drug-likeness (QED) is 0.266. The van der Waals surface area contributed by atoms with Crippen LogP contribution in [0.15, 0.2) is 36.4 Å². The Bertz CT molecular complexity index is 1230. The van der Waals surface area contributed by atoms with Gasteiger partial charge in [0, 0.05) is 6.07 Å². The van der Waals surface area contributed by atoms with Crippen molar-refractivity contribution in [3.63, 3.8) is 0 Å². The predicted octanol–water partition coefficient (Wildman–Crippen LogP) is 6.46. The monoisotopic (exact) mass is 599 g/mol. The maximum atomic E-state index is 14.3. The maximum absolute atomic E-state index is 14.3. The molecule has 1 fully saturated rings. The molecule has 1 aliphatic rings. The van der Waals surface area contributed by atoms with Gasteiger partial charge in [0.2, 0.25) is 0 Å². The van der Waals surface area contributed by atoms with Crippen molar-refractivity contribution in [2.45, 2.75) is 62.6 Å². The van der Waals surface area contributed by atoms with Crippen LogP contribution in [0.1, 0.15) is 31.0 Å². The molecule has 40 heavy (non-hydrogen) atoms. The van der Waals surface area contributed by atoms with Crippen LogP contribution in [0.25, 0.3) is 0 Å². The summed E-state index contributed by atoms with van der Waals surface area (Å²) in [7, 11) is 0. The highest BCUT2D eigenvalue weighted by molar-refractivity contribution is 5.86. The van der Waals surface area contributed by atoms with Crippen LogP contribution in [0.3, 0.4) is 0 Å². The normalized spacial score (nSPS) is 18.1. The third kappa shape index (κ3) is 6.18. The minimum atomic E-state index is -6.10. The predicted molar refractivity (Wildman–Crippen MR) is 110 cm³/mol. The fourth-order valence-electron chi connectivity index (χ4n) is 3.61. The molecule has 1 aliphatic heterocycles. The Hall–Kier alpha value is -3.37. The standard InChI is InChI=1S/C23H17F12NO4/c1-9(2)38-15-7-10(3-4-14(15)25)16(11-5-12(24)8-13(6-11)39-21(28,29)19(26)27)36-18(37)17-20(40-17,22(30,31)32)23(33,34)35/h3-9,16-17,19H,1-2H3,(H,36,37)/t16-,17-/m1/s1. The van der Waals surface area contributed by atoms with E-state index >= 15 is 0 Å². The van der Waals surface area contributed by atoms with Gasteiger partial charge < -0.3 is 19.5 Å². The molecule has 0 spiro atoms. The number of halogens is 12. The first-order valence-electron chi connectivity index (χ1n) is 10.9. The molecule has 1 heterocycles. The molecule has 2 aromatic carbocycles. The molecule has 0 bridgehead atoms. The van der Waals surface area contributed by atoms with Crippen molar-refractivity contribution in [1.29, 1.82) is 0 Å². The molecule has 0 unspecified atom stereocenters. The Balaban J connectivity index is 2.09. The summed E-state index contributed by atoms with van der Waals surface area (Å²) in [5, 5.41) is 1.75. The van der Waals surface area contributed by atoms with E-state index in [2.05, 4.69) is 9.47 Å². The molecule has 0 radical (unpaired) electrons. The Kier molecular flexibility index (Phi) is 8.22. The second-order valence-electron chi connectivity index (χ2n) is 8.71. The molecule has 0 aliphatic carbocycles. The van der Waals surface area contributed by atoms with Gasteiger partial charge in [-0.1, -0.05) is 6.07 Å². The largest absolute Gasteiger partial charge is 0.488 e. The average molecular weight is 599 g/mol. The number of epoxide rings is 1. The topological polar surface area (TPSA) is 60.1 Å². The Morgan fingerprint density at radius 2 is 1.52 bits per heavy atom. The van der Waals surface area contributed by atoms with Crippen molar-refractivity contribution < 1.29 is 71.7 Å². The lowest BCUT2D eigenvalue weighted by Gasteiger charge is -2.24. The van der Waals surface area contributed by atoms with E-state index in [1.165, 1.54) is 13.8 Å². The van der Waals surface area contributed by atoms with Crippen LogP contribution in [-0.2, 0) is 9.53 Å². The summed E-state index contributed by atoms with van der Waals surface area (Å²) >= 11 is 0. The van der Waals surface area contributed by atoms with Gasteiger partial charge in [0.1, 0.15) is 11.6 Å². The van der Waals surface area contributed by atoms with Gasteiger partial charge in [-0.3, -0.25) is 4.79 Å². The molecule has 1 saturated heterocycles. The summed E-state index contributed by atoms with van der Waals surface area (Å²) in [5.74, 6) is -6.24. The Morgan fingerprint density at radius 1 is 0.925 bits per heavy atom. The van der Waals surface area contributed by atoms with Crippen molar-refractivity contribution in [3.8, 4) is 11.5 Å². The Morgan fingerprint density at radius 3 is 2.02 bits per heavy atom. The van der Waals surface area contributed by atoms with Crippen LogP contribution in [-0.4, -0.2) is 48.6 Å². The van der Waals surface area contributed by atoms with Crippen molar-refractivity contribution in [2.75, 3.05) is 0 Å². The molecule has 3 rings (SSSR count). The zero-order valence-electron chi connectivity index (χ0n) is 19.9. The maximum Gasteiger partial charge on any atom is 0.461 e. The number of carbonyl (C=O) groups excluding carboxylic acids is 1. The van der Waals surface area contributed by atoms with E-state index in [1.807, 2.05) is 0 Å². The van der Waals surface area contributed by atoms with Crippen LogP contribution >= 0.6 is 0 Å². The first-order chi connectivity index (χ1) is 18.2. The average Bonchev–Trinajstić information content (AvgIpc) is 3.56. The lowest BCUT2D eigenvalue weighted by Crippen LogP contribution is -2.51. The van der Waals surface area contributed by atoms with E-state index in [4.69, 9.17) is 4.74 Å². The van der Waals surface area contributed by atoms with Crippen LogP contribution in [0.2, 0.25) is 0 Å². The van der Waals surface area contributed by atoms with Crippen LogP contribution in [0, 0.1) is 11.6 Å². The molecule has 2 atom stereocenters. The molecule has 2 aromatic rings. The van der Waals surface area contributed by atoms with Crippen molar-refractivity contribution in [3.05, 3.63) is 59.2 Å². The van der Waals surface area contributed by atoms with E-state index in [9.17, 15) is 57.5 Å². The number of benzene rings is 2. The SMILES string of the molecule is CC(C)Oc1cc([C@@H](NC(=O)[C@H]2OC2(C(F)(F)F)C(F)(F)F)c2cc(F)cc(OC(F)(F)C(F)F)c2)ccc1F. The molecule has 1 N–H and O–H groups in total. The number of hydrogen-bond donors (Lipinski definition) is 1. The first kappa shape index (κ1) is 31.2. The van der Waals surface area contributed by atoms with E-state index in [-0.39, 0.29) is 11.6 Å². The molecule has 1 amide bonds. The summed E-state index contributed by atoms with van der Waals surface area (Å²) in [6.07, 6.45) is -25.6. The minimum absolute atomic E-state index is 0.221. The highest BCUT2D eigenvalue weighted by Gasteiger charge is 2.88. The van der Waals surface area contributed by atoms with Gasteiger partial charge in [0.15, 0.2) is 17.7 Å². The van der Waals surface area contributed by atoms with Gasteiger partial charge in [-0.2, -0.15) is 43.9 Å². The molecular weight excluding hydrogens is 582 g/mol. The van der Waals surface area contributed by atoms with Crippen molar-refractivity contribution in [2.24, 2.45) is 0 Å². The molecule has 222 valence electrons. The number of carbonyl (C=O) groups is 1. The van der Waals surface area contributed by atoms with Crippen LogP contribution in [0.5, 0.6) is 11.5 Å². The Labute approximate surface area is 217 Å². The third-order valence-electron chi connectivity index (χ3n) is 5.37. The zero-order valence-corrected chi connectivity index (χ0v) is 19.9. The summed E-state index contributed by atoms with van der Waals surface area (Å²) < 4.78 is 173. The van der Waals surface area contributed by atoms with Crippen molar-refractivity contribution >= 4 is 5.91 Å². The molecule has 0 saturated carbocycles. The molecule has 5 nitrogen and oxygen atoms in total. The minimum Gasteiger partial charge on any atom is -0.488 e. The van der Waals surface area contributed by atoms with Gasteiger partial charge in [-0.25, -0.2) is 8.78 Å². The van der Waals surface area contributed by atoms with E-state index in [0.717, 1.165) is 18.2 Å². The lowest BCUT2D eigenvalue weighted by molar-refractivity contribution is -0.292. The molecule has 0 aromatic heterocycles. The van der Waals surface area contributed by atoms with Gasteiger partial charge >= 0.3 is 24.9 Å². The number of hydrogen-bond acceptors (Lipinski definition) is 4. The zero-order chi connectivity index (χ0) is 30.4. The van der Waals surface area contributed by atoms with Gasteiger partial charge in [-0.15, -0.1) is 0 Å².